The Bertz CT molecular complexity index is 261. The monoisotopic (exact) mass is 212 g/mol. The second-order valence-electron chi connectivity index (χ2n) is 5.11. The third kappa shape index (κ3) is 1.88. The Kier molecular flexibility index (Phi) is 2.73. The standard InChI is InChI=1S/C11H20N2O2/c1-8-5-9(2)13(6-8)10(14)11(12)3-4-15-7-11/h8-9H,3-7,12H2,1-2H3. The minimum absolute atomic E-state index is 0.0804. The van der Waals surface area contributed by atoms with Crippen molar-refractivity contribution in [3.63, 3.8) is 0 Å². The molecule has 0 aliphatic carbocycles. The molecule has 0 bridgehead atoms. The Morgan fingerprint density at radius 1 is 1.53 bits per heavy atom. The molecule has 4 heteroatoms. The van der Waals surface area contributed by atoms with E-state index in [9.17, 15) is 4.79 Å². The Morgan fingerprint density at radius 2 is 2.27 bits per heavy atom. The molecule has 2 fully saturated rings. The normalized spacial score (nSPS) is 41.1. The van der Waals surface area contributed by atoms with Crippen LogP contribution in [0.3, 0.4) is 0 Å². The van der Waals surface area contributed by atoms with Gasteiger partial charge in [0.2, 0.25) is 5.91 Å². The molecular formula is C11H20N2O2. The summed E-state index contributed by atoms with van der Waals surface area (Å²) in [5.41, 5.74) is 5.32. The molecule has 0 aromatic carbocycles. The molecule has 2 saturated heterocycles. The average molecular weight is 212 g/mol. The van der Waals surface area contributed by atoms with Crippen molar-refractivity contribution >= 4 is 5.91 Å². The van der Waals surface area contributed by atoms with Crippen molar-refractivity contribution in [3.8, 4) is 0 Å². The van der Waals surface area contributed by atoms with Crippen LogP contribution in [-0.2, 0) is 9.53 Å². The summed E-state index contributed by atoms with van der Waals surface area (Å²) < 4.78 is 5.23. The molecule has 15 heavy (non-hydrogen) atoms. The maximum atomic E-state index is 12.2. The van der Waals surface area contributed by atoms with Crippen LogP contribution in [0.5, 0.6) is 0 Å². The molecule has 2 aliphatic rings. The SMILES string of the molecule is CC1CC(C)N(C(=O)C2(N)CCOC2)C1. The van der Waals surface area contributed by atoms with Gasteiger partial charge in [0.05, 0.1) is 6.61 Å². The largest absolute Gasteiger partial charge is 0.379 e. The summed E-state index contributed by atoms with van der Waals surface area (Å²) in [7, 11) is 0. The van der Waals surface area contributed by atoms with E-state index in [1.54, 1.807) is 0 Å². The molecule has 0 aromatic rings. The highest BCUT2D eigenvalue weighted by Gasteiger charge is 2.44. The van der Waals surface area contributed by atoms with Gasteiger partial charge in [-0.2, -0.15) is 0 Å². The minimum Gasteiger partial charge on any atom is -0.379 e. The van der Waals surface area contributed by atoms with Crippen molar-refractivity contribution in [2.45, 2.75) is 38.3 Å². The van der Waals surface area contributed by atoms with Crippen LogP contribution in [-0.4, -0.2) is 42.1 Å². The lowest BCUT2D eigenvalue weighted by atomic mass is 9.98. The van der Waals surface area contributed by atoms with Gasteiger partial charge in [0.1, 0.15) is 5.54 Å². The summed E-state index contributed by atoms with van der Waals surface area (Å²) >= 11 is 0. The number of carbonyl (C=O) groups excluding carboxylic acids is 1. The van der Waals surface area contributed by atoms with Crippen LogP contribution >= 0.6 is 0 Å². The fraction of sp³-hybridized carbons (Fsp3) is 0.909. The second-order valence-corrected chi connectivity index (χ2v) is 5.11. The van der Waals surface area contributed by atoms with E-state index in [0.717, 1.165) is 13.0 Å². The first kappa shape index (κ1) is 10.9. The number of ether oxygens (including phenoxy) is 1. The van der Waals surface area contributed by atoms with Gasteiger partial charge in [-0.25, -0.2) is 0 Å². The predicted molar refractivity (Wildman–Crippen MR) is 57.3 cm³/mol. The van der Waals surface area contributed by atoms with Crippen molar-refractivity contribution in [1.29, 1.82) is 0 Å². The minimum atomic E-state index is -0.752. The molecule has 3 unspecified atom stereocenters. The maximum absolute atomic E-state index is 12.2. The van der Waals surface area contributed by atoms with Crippen molar-refractivity contribution < 1.29 is 9.53 Å². The number of carbonyl (C=O) groups is 1. The van der Waals surface area contributed by atoms with Crippen LogP contribution in [0, 0.1) is 5.92 Å². The van der Waals surface area contributed by atoms with E-state index < -0.39 is 5.54 Å². The summed E-state index contributed by atoms with van der Waals surface area (Å²) in [6.45, 7) is 6.11. The Balaban J connectivity index is 2.07. The van der Waals surface area contributed by atoms with Gasteiger partial charge in [-0.05, 0) is 25.7 Å². The molecule has 2 heterocycles. The summed E-state index contributed by atoms with van der Waals surface area (Å²) in [5.74, 6) is 0.673. The Labute approximate surface area is 90.8 Å². The number of hydrogen-bond acceptors (Lipinski definition) is 3. The van der Waals surface area contributed by atoms with Crippen LogP contribution in [0.4, 0.5) is 0 Å². The number of amides is 1. The summed E-state index contributed by atoms with van der Waals surface area (Å²) in [6, 6.07) is 0.327. The van der Waals surface area contributed by atoms with Gasteiger partial charge in [-0.1, -0.05) is 6.92 Å². The zero-order valence-corrected chi connectivity index (χ0v) is 9.53. The number of hydrogen-bond donors (Lipinski definition) is 1. The highest BCUT2D eigenvalue weighted by molar-refractivity contribution is 5.87. The molecule has 2 rings (SSSR count). The van der Waals surface area contributed by atoms with E-state index in [0.29, 0.717) is 31.6 Å². The molecule has 86 valence electrons. The van der Waals surface area contributed by atoms with Gasteiger partial charge in [0, 0.05) is 19.2 Å². The lowest BCUT2D eigenvalue weighted by Crippen LogP contribution is -2.56. The van der Waals surface area contributed by atoms with Gasteiger partial charge < -0.3 is 15.4 Å². The summed E-state index contributed by atoms with van der Waals surface area (Å²) in [4.78, 5) is 14.2. The Morgan fingerprint density at radius 3 is 2.73 bits per heavy atom. The Hall–Kier alpha value is -0.610. The molecule has 1 amide bonds. The van der Waals surface area contributed by atoms with Crippen LogP contribution in [0.25, 0.3) is 0 Å². The lowest BCUT2D eigenvalue weighted by Gasteiger charge is -2.30. The molecule has 2 N–H and O–H groups in total. The molecule has 0 aromatic heterocycles. The summed E-state index contributed by atoms with van der Waals surface area (Å²) in [6.07, 6.45) is 1.74. The fourth-order valence-corrected chi connectivity index (χ4v) is 2.62. The average Bonchev–Trinajstić information content (AvgIpc) is 2.73. The van der Waals surface area contributed by atoms with Gasteiger partial charge >= 0.3 is 0 Å². The molecule has 0 saturated carbocycles. The van der Waals surface area contributed by atoms with E-state index in [-0.39, 0.29) is 5.91 Å². The van der Waals surface area contributed by atoms with Gasteiger partial charge in [0.15, 0.2) is 0 Å². The molecule has 0 radical (unpaired) electrons. The molecule has 4 nitrogen and oxygen atoms in total. The first-order chi connectivity index (χ1) is 7.03. The summed E-state index contributed by atoms with van der Waals surface area (Å²) in [5, 5.41) is 0. The molecule has 2 aliphatic heterocycles. The van der Waals surface area contributed by atoms with E-state index in [4.69, 9.17) is 10.5 Å². The van der Waals surface area contributed by atoms with E-state index in [1.807, 2.05) is 4.90 Å². The fourth-order valence-electron chi connectivity index (χ4n) is 2.62. The zero-order chi connectivity index (χ0) is 11.1. The third-order valence-electron chi connectivity index (χ3n) is 3.52. The van der Waals surface area contributed by atoms with E-state index in [2.05, 4.69) is 13.8 Å². The van der Waals surface area contributed by atoms with Crippen LogP contribution in [0.15, 0.2) is 0 Å². The highest BCUT2D eigenvalue weighted by Crippen LogP contribution is 2.27. The molecule has 3 atom stereocenters. The molecule has 0 spiro atoms. The van der Waals surface area contributed by atoms with Crippen molar-refractivity contribution in [2.24, 2.45) is 11.7 Å². The predicted octanol–water partition coefficient (Wildman–Crippen LogP) is 0.361. The molecular weight excluding hydrogens is 192 g/mol. The van der Waals surface area contributed by atoms with Gasteiger partial charge in [-0.3, -0.25) is 4.79 Å². The number of likely N-dealkylation sites (tertiary alicyclic amines) is 1. The van der Waals surface area contributed by atoms with Crippen LogP contribution in [0.1, 0.15) is 26.7 Å². The van der Waals surface area contributed by atoms with Crippen LogP contribution < -0.4 is 5.73 Å². The highest BCUT2D eigenvalue weighted by atomic mass is 16.5. The maximum Gasteiger partial charge on any atom is 0.245 e. The van der Waals surface area contributed by atoms with Gasteiger partial charge in [-0.15, -0.1) is 0 Å². The van der Waals surface area contributed by atoms with Crippen molar-refractivity contribution in [2.75, 3.05) is 19.8 Å². The van der Waals surface area contributed by atoms with E-state index in [1.165, 1.54) is 0 Å². The topological polar surface area (TPSA) is 55.6 Å². The van der Waals surface area contributed by atoms with Gasteiger partial charge in [0.25, 0.3) is 0 Å². The number of nitrogens with zero attached hydrogens (tertiary/aromatic N) is 1. The quantitative estimate of drug-likeness (QED) is 0.683. The first-order valence-electron chi connectivity index (χ1n) is 5.70. The lowest BCUT2D eigenvalue weighted by molar-refractivity contribution is -0.137. The van der Waals surface area contributed by atoms with E-state index >= 15 is 0 Å². The second kappa shape index (κ2) is 3.76. The van der Waals surface area contributed by atoms with Crippen molar-refractivity contribution in [3.05, 3.63) is 0 Å². The third-order valence-corrected chi connectivity index (χ3v) is 3.52. The number of nitrogens with two attached hydrogens (primary N) is 1. The van der Waals surface area contributed by atoms with Crippen LogP contribution in [0.2, 0.25) is 0 Å². The smallest absolute Gasteiger partial charge is 0.245 e. The number of rotatable bonds is 1. The zero-order valence-electron chi connectivity index (χ0n) is 9.53. The van der Waals surface area contributed by atoms with Crippen molar-refractivity contribution in [1.82, 2.24) is 4.90 Å². The first-order valence-corrected chi connectivity index (χ1v) is 5.70.